The molecule has 3 atom stereocenters. The van der Waals surface area contributed by atoms with Crippen molar-refractivity contribution in [2.45, 2.75) is 44.9 Å². The summed E-state index contributed by atoms with van der Waals surface area (Å²) in [6.45, 7) is 5.16. The molecule has 0 aromatic heterocycles. The second-order valence-corrected chi connectivity index (χ2v) is 4.51. The van der Waals surface area contributed by atoms with Gasteiger partial charge in [0.05, 0.1) is 18.8 Å². The highest BCUT2D eigenvalue weighted by Gasteiger charge is 2.35. The molecule has 16 heavy (non-hydrogen) atoms. The highest BCUT2D eigenvalue weighted by Crippen LogP contribution is 2.17. The van der Waals surface area contributed by atoms with Gasteiger partial charge in [-0.15, -0.1) is 0 Å². The number of amides is 2. The van der Waals surface area contributed by atoms with E-state index >= 15 is 0 Å². The van der Waals surface area contributed by atoms with E-state index in [4.69, 9.17) is 4.74 Å². The lowest BCUT2D eigenvalue weighted by Crippen LogP contribution is -2.55. The molecule has 90 valence electrons. The summed E-state index contributed by atoms with van der Waals surface area (Å²) in [7, 11) is 0. The summed E-state index contributed by atoms with van der Waals surface area (Å²) < 4.78 is 5.47. The smallest absolute Gasteiger partial charge is 0.245 e. The third-order valence-electron chi connectivity index (χ3n) is 3.46. The molecule has 3 unspecified atom stereocenters. The molecule has 2 aliphatic rings. The molecule has 2 rings (SSSR count). The first-order chi connectivity index (χ1) is 7.59. The van der Waals surface area contributed by atoms with Crippen molar-refractivity contribution in [3.05, 3.63) is 0 Å². The summed E-state index contributed by atoms with van der Waals surface area (Å²) in [5, 5.41) is 2.72. The van der Waals surface area contributed by atoms with Gasteiger partial charge in [0.15, 0.2) is 0 Å². The van der Waals surface area contributed by atoms with E-state index in [0.717, 1.165) is 0 Å². The van der Waals surface area contributed by atoms with Crippen LogP contribution < -0.4 is 5.32 Å². The number of rotatable bonds is 1. The Hall–Kier alpha value is -1.10. The molecular formula is C11H18N2O3. The first kappa shape index (κ1) is 11.4. The molecule has 2 heterocycles. The highest BCUT2D eigenvalue weighted by molar-refractivity contribution is 5.91. The Labute approximate surface area is 95.1 Å². The summed E-state index contributed by atoms with van der Waals surface area (Å²) >= 11 is 0. The zero-order chi connectivity index (χ0) is 11.7. The number of nitrogens with one attached hydrogen (secondary N) is 1. The topological polar surface area (TPSA) is 58.6 Å². The Bertz CT molecular complexity index is 306. The van der Waals surface area contributed by atoms with Gasteiger partial charge in [-0.1, -0.05) is 0 Å². The van der Waals surface area contributed by atoms with Crippen LogP contribution in [0.1, 0.15) is 26.7 Å². The van der Waals surface area contributed by atoms with E-state index in [1.807, 2.05) is 18.7 Å². The van der Waals surface area contributed by atoms with Gasteiger partial charge >= 0.3 is 0 Å². The van der Waals surface area contributed by atoms with Crippen LogP contribution in [0.5, 0.6) is 0 Å². The van der Waals surface area contributed by atoms with E-state index in [0.29, 0.717) is 26.0 Å². The molecule has 5 heteroatoms. The predicted octanol–water partition coefficient (Wildman–Crippen LogP) is -0.0992. The van der Waals surface area contributed by atoms with E-state index in [1.54, 1.807) is 0 Å². The SMILES string of the molecule is CC1OCCN(C(=O)C2CCC(=O)N2)C1C. The number of nitrogens with zero attached hydrogens (tertiary/aromatic N) is 1. The first-order valence-electron chi connectivity index (χ1n) is 5.81. The summed E-state index contributed by atoms with van der Waals surface area (Å²) in [5.41, 5.74) is 0. The van der Waals surface area contributed by atoms with E-state index in [2.05, 4.69) is 5.32 Å². The Morgan fingerprint density at radius 1 is 1.50 bits per heavy atom. The van der Waals surface area contributed by atoms with Crippen molar-refractivity contribution in [3.63, 3.8) is 0 Å². The van der Waals surface area contributed by atoms with Gasteiger partial charge < -0.3 is 15.0 Å². The lowest BCUT2D eigenvalue weighted by molar-refractivity contribution is -0.146. The molecule has 0 aromatic rings. The van der Waals surface area contributed by atoms with Crippen LogP contribution in [-0.2, 0) is 14.3 Å². The van der Waals surface area contributed by atoms with E-state index in [9.17, 15) is 9.59 Å². The second-order valence-electron chi connectivity index (χ2n) is 4.51. The minimum absolute atomic E-state index is 0.0210. The molecule has 2 amide bonds. The molecular weight excluding hydrogens is 208 g/mol. The number of ether oxygens (including phenoxy) is 1. The Morgan fingerprint density at radius 3 is 2.88 bits per heavy atom. The monoisotopic (exact) mass is 226 g/mol. The maximum atomic E-state index is 12.2. The number of hydrogen-bond donors (Lipinski definition) is 1. The molecule has 0 aliphatic carbocycles. The standard InChI is InChI=1S/C11H18N2O3/c1-7-8(2)16-6-5-13(7)11(15)9-3-4-10(14)12-9/h7-9H,3-6H2,1-2H3,(H,12,14). The van der Waals surface area contributed by atoms with Crippen molar-refractivity contribution in [2.75, 3.05) is 13.2 Å². The fraction of sp³-hybridized carbons (Fsp3) is 0.818. The fourth-order valence-electron chi connectivity index (χ4n) is 2.24. The van der Waals surface area contributed by atoms with Crippen LogP contribution in [-0.4, -0.2) is 48.1 Å². The molecule has 5 nitrogen and oxygen atoms in total. The number of carbonyl (C=O) groups is 2. The Morgan fingerprint density at radius 2 is 2.25 bits per heavy atom. The van der Waals surface area contributed by atoms with Gasteiger partial charge in [-0.3, -0.25) is 9.59 Å². The maximum Gasteiger partial charge on any atom is 0.245 e. The lowest BCUT2D eigenvalue weighted by atomic mass is 10.1. The first-order valence-corrected chi connectivity index (χ1v) is 5.81. The minimum atomic E-state index is -0.319. The average Bonchev–Trinajstić information content (AvgIpc) is 2.68. The number of carbonyl (C=O) groups excluding carboxylic acids is 2. The molecule has 0 radical (unpaired) electrons. The van der Waals surface area contributed by atoms with Gasteiger partial charge in [-0.05, 0) is 20.3 Å². The zero-order valence-corrected chi connectivity index (χ0v) is 9.73. The fourth-order valence-corrected chi connectivity index (χ4v) is 2.24. The highest BCUT2D eigenvalue weighted by atomic mass is 16.5. The van der Waals surface area contributed by atoms with Crippen LogP contribution >= 0.6 is 0 Å². The van der Waals surface area contributed by atoms with E-state index in [1.165, 1.54) is 0 Å². The summed E-state index contributed by atoms with van der Waals surface area (Å²) in [5.74, 6) is 0.0146. The Balaban J connectivity index is 2.00. The molecule has 0 aromatic carbocycles. The molecule has 2 saturated heterocycles. The van der Waals surface area contributed by atoms with Gasteiger partial charge in [0, 0.05) is 13.0 Å². The molecule has 0 spiro atoms. The largest absolute Gasteiger partial charge is 0.375 e. The zero-order valence-electron chi connectivity index (χ0n) is 9.73. The van der Waals surface area contributed by atoms with Crippen molar-refractivity contribution in [1.82, 2.24) is 10.2 Å². The van der Waals surface area contributed by atoms with Crippen molar-refractivity contribution < 1.29 is 14.3 Å². The van der Waals surface area contributed by atoms with Gasteiger partial charge in [-0.2, -0.15) is 0 Å². The lowest BCUT2D eigenvalue weighted by Gasteiger charge is -2.39. The van der Waals surface area contributed by atoms with Crippen molar-refractivity contribution in [1.29, 1.82) is 0 Å². The van der Waals surface area contributed by atoms with Crippen molar-refractivity contribution in [2.24, 2.45) is 0 Å². The minimum Gasteiger partial charge on any atom is -0.375 e. The predicted molar refractivity (Wildman–Crippen MR) is 57.8 cm³/mol. The number of morpholine rings is 1. The molecule has 0 bridgehead atoms. The van der Waals surface area contributed by atoms with Crippen molar-refractivity contribution >= 4 is 11.8 Å². The molecule has 2 aliphatic heterocycles. The van der Waals surface area contributed by atoms with Crippen LogP contribution in [0, 0.1) is 0 Å². The van der Waals surface area contributed by atoms with Gasteiger partial charge in [-0.25, -0.2) is 0 Å². The Kier molecular flexibility index (Phi) is 3.14. The molecule has 0 saturated carbocycles. The van der Waals surface area contributed by atoms with E-state index < -0.39 is 0 Å². The molecule has 1 N–H and O–H groups in total. The third kappa shape index (κ3) is 2.04. The van der Waals surface area contributed by atoms with Crippen LogP contribution in [0.4, 0.5) is 0 Å². The third-order valence-corrected chi connectivity index (χ3v) is 3.46. The second kappa shape index (κ2) is 4.41. The van der Waals surface area contributed by atoms with Crippen LogP contribution in [0.25, 0.3) is 0 Å². The van der Waals surface area contributed by atoms with Crippen LogP contribution in [0.2, 0.25) is 0 Å². The summed E-state index contributed by atoms with van der Waals surface area (Å²) in [6.07, 6.45) is 1.15. The van der Waals surface area contributed by atoms with Gasteiger partial charge in [0.25, 0.3) is 0 Å². The van der Waals surface area contributed by atoms with E-state index in [-0.39, 0.29) is 30.0 Å². The van der Waals surface area contributed by atoms with Gasteiger partial charge in [0.2, 0.25) is 11.8 Å². The summed E-state index contributed by atoms with van der Waals surface area (Å²) in [4.78, 5) is 25.1. The van der Waals surface area contributed by atoms with Crippen molar-refractivity contribution in [3.8, 4) is 0 Å². The normalized spacial score (nSPS) is 35.0. The summed E-state index contributed by atoms with van der Waals surface area (Å²) in [6, 6.07) is -0.237. The van der Waals surface area contributed by atoms with Gasteiger partial charge in [0.1, 0.15) is 6.04 Å². The van der Waals surface area contributed by atoms with Crippen LogP contribution in [0.3, 0.4) is 0 Å². The number of hydrogen-bond acceptors (Lipinski definition) is 3. The quantitative estimate of drug-likeness (QED) is 0.679. The average molecular weight is 226 g/mol. The van der Waals surface area contributed by atoms with Crippen LogP contribution in [0.15, 0.2) is 0 Å². The molecule has 2 fully saturated rings. The maximum absolute atomic E-state index is 12.2.